The fraction of sp³-hybridized carbons (Fsp3) is 0.500. The monoisotopic (exact) mass is 179 g/mol. The van der Waals surface area contributed by atoms with Gasteiger partial charge in [0.25, 0.3) is 0 Å². The Bertz CT molecular complexity index is 209. The highest BCUT2D eigenvalue weighted by atomic mass is 14.9. The molecule has 0 aromatic carbocycles. The van der Waals surface area contributed by atoms with E-state index < -0.39 is 0 Å². The zero-order valence-corrected chi connectivity index (χ0v) is 9.22. The highest BCUT2D eigenvalue weighted by Gasteiger charge is 1.96. The molecule has 74 valence electrons. The predicted octanol–water partition coefficient (Wildman–Crippen LogP) is 3.41. The molecule has 0 spiro atoms. The van der Waals surface area contributed by atoms with Gasteiger partial charge >= 0.3 is 0 Å². The lowest BCUT2D eigenvalue weighted by Crippen LogP contribution is -2.04. The molecule has 0 unspecified atom stereocenters. The van der Waals surface area contributed by atoms with Crippen LogP contribution in [0.3, 0.4) is 0 Å². The largest absolute Gasteiger partial charge is 0.385 e. The van der Waals surface area contributed by atoms with Crippen molar-refractivity contribution in [1.82, 2.24) is 5.32 Å². The molecule has 0 aromatic heterocycles. The zero-order valence-electron chi connectivity index (χ0n) is 9.22. The van der Waals surface area contributed by atoms with Crippen molar-refractivity contribution in [3.05, 3.63) is 35.6 Å². The molecular weight excluding hydrogens is 158 g/mol. The zero-order chi connectivity index (χ0) is 10.1. The molecule has 0 atom stereocenters. The lowest BCUT2D eigenvalue weighted by atomic mass is 10.2. The third-order valence-electron chi connectivity index (χ3n) is 1.82. The standard InChI is InChI=1S/C10H15N.C2H6/c1-3-9(2)6-7-10-5-4-8-11-10;1-2/h3,5-7,11H,4,8H2,1-2H3;1-2H3/b7-6-,9-3-;. The maximum absolute atomic E-state index is 3.28. The van der Waals surface area contributed by atoms with Crippen LogP contribution in [0.2, 0.25) is 0 Å². The molecular formula is C12H21N. The summed E-state index contributed by atoms with van der Waals surface area (Å²) in [5.41, 5.74) is 2.56. The van der Waals surface area contributed by atoms with Crippen molar-refractivity contribution in [2.24, 2.45) is 0 Å². The van der Waals surface area contributed by atoms with Crippen molar-refractivity contribution in [1.29, 1.82) is 0 Å². The summed E-state index contributed by atoms with van der Waals surface area (Å²) >= 11 is 0. The Morgan fingerprint density at radius 2 is 2.15 bits per heavy atom. The Hall–Kier alpha value is -0.980. The van der Waals surface area contributed by atoms with E-state index in [-0.39, 0.29) is 0 Å². The first-order chi connectivity index (χ1) is 6.33. The van der Waals surface area contributed by atoms with E-state index in [1.54, 1.807) is 0 Å². The molecule has 1 N–H and O–H groups in total. The van der Waals surface area contributed by atoms with Crippen LogP contribution >= 0.6 is 0 Å². The molecule has 1 heterocycles. The van der Waals surface area contributed by atoms with Crippen LogP contribution in [-0.2, 0) is 0 Å². The van der Waals surface area contributed by atoms with Crippen molar-refractivity contribution >= 4 is 0 Å². The van der Waals surface area contributed by atoms with E-state index in [9.17, 15) is 0 Å². The molecule has 13 heavy (non-hydrogen) atoms. The maximum atomic E-state index is 3.28. The van der Waals surface area contributed by atoms with Gasteiger partial charge in [-0.1, -0.05) is 37.6 Å². The first-order valence-electron chi connectivity index (χ1n) is 5.08. The van der Waals surface area contributed by atoms with E-state index in [2.05, 4.69) is 43.5 Å². The summed E-state index contributed by atoms with van der Waals surface area (Å²) in [4.78, 5) is 0. The van der Waals surface area contributed by atoms with E-state index in [1.807, 2.05) is 13.8 Å². The van der Waals surface area contributed by atoms with Crippen LogP contribution in [0.5, 0.6) is 0 Å². The lowest BCUT2D eigenvalue weighted by molar-refractivity contribution is 0.892. The molecule has 0 bridgehead atoms. The summed E-state index contributed by atoms with van der Waals surface area (Å²) in [6.07, 6.45) is 9.74. The number of nitrogens with one attached hydrogen (secondary N) is 1. The molecule has 0 amide bonds. The third kappa shape index (κ3) is 5.29. The van der Waals surface area contributed by atoms with Crippen molar-refractivity contribution in [2.45, 2.75) is 34.1 Å². The minimum Gasteiger partial charge on any atom is -0.385 e. The summed E-state index contributed by atoms with van der Waals surface area (Å²) in [5, 5.41) is 3.28. The quantitative estimate of drug-likeness (QED) is 0.640. The van der Waals surface area contributed by atoms with Crippen LogP contribution in [0.15, 0.2) is 35.6 Å². The highest BCUT2D eigenvalue weighted by Crippen LogP contribution is 2.04. The third-order valence-corrected chi connectivity index (χ3v) is 1.82. The van der Waals surface area contributed by atoms with Gasteiger partial charge in [0.05, 0.1) is 0 Å². The van der Waals surface area contributed by atoms with Crippen LogP contribution in [0.4, 0.5) is 0 Å². The first-order valence-corrected chi connectivity index (χ1v) is 5.08. The van der Waals surface area contributed by atoms with Gasteiger partial charge in [0.15, 0.2) is 0 Å². The Morgan fingerprint density at radius 3 is 2.62 bits per heavy atom. The van der Waals surface area contributed by atoms with E-state index in [4.69, 9.17) is 0 Å². The molecule has 0 saturated carbocycles. The summed E-state index contributed by atoms with van der Waals surface area (Å²) < 4.78 is 0. The van der Waals surface area contributed by atoms with Crippen molar-refractivity contribution < 1.29 is 0 Å². The number of rotatable bonds is 2. The fourth-order valence-corrected chi connectivity index (χ4v) is 0.961. The van der Waals surface area contributed by atoms with Crippen LogP contribution in [0.1, 0.15) is 34.1 Å². The fourth-order valence-electron chi connectivity index (χ4n) is 0.961. The van der Waals surface area contributed by atoms with Gasteiger partial charge in [-0.25, -0.2) is 0 Å². The number of allylic oxidation sites excluding steroid dienone is 4. The minimum atomic E-state index is 1.09. The minimum absolute atomic E-state index is 1.09. The average Bonchev–Trinajstić information content (AvgIpc) is 2.70. The smallest absolute Gasteiger partial charge is 0.0300 e. The summed E-state index contributed by atoms with van der Waals surface area (Å²) in [6.45, 7) is 9.25. The van der Waals surface area contributed by atoms with Crippen LogP contribution in [-0.4, -0.2) is 6.54 Å². The Labute approximate surface area is 82.2 Å². The van der Waals surface area contributed by atoms with Crippen LogP contribution in [0.25, 0.3) is 0 Å². The molecule has 1 rings (SSSR count). The lowest BCUT2D eigenvalue weighted by Gasteiger charge is -1.95. The van der Waals surface area contributed by atoms with E-state index in [0.717, 1.165) is 13.0 Å². The second-order valence-electron chi connectivity index (χ2n) is 2.74. The maximum Gasteiger partial charge on any atom is 0.0300 e. The second-order valence-corrected chi connectivity index (χ2v) is 2.74. The van der Waals surface area contributed by atoms with Gasteiger partial charge in [-0.2, -0.15) is 0 Å². The van der Waals surface area contributed by atoms with Gasteiger partial charge in [0, 0.05) is 12.2 Å². The van der Waals surface area contributed by atoms with Crippen molar-refractivity contribution in [3.63, 3.8) is 0 Å². The van der Waals surface area contributed by atoms with Crippen molar-refractivity contribution in [2.75, 3.05) is 6.54 Å². The second kappa shape index (κ2) is 7.66. The highest BCUT2D eigenvalue weighted by molar-refractivity contribution is 5.27. The first kappa shape index (κ1) is 12.0. The molecule has 0 aromatic rings. The van der Waals surface area contributed by atoms with Gasteiger partial charge < -0.3 is 5.32 Å². The molecule has 0 aliphatic carbocycles. The number of hydrogen-bond acceptors (Lipinski definition) is 1. The van der Waals surface area contributed by atoms with Gasteiger partial charge in [0.1, 0.15) is 0 Å². The SMILES string of the molecule is C/C=C(C)\C=C/C1=CCCN1.CC. The van der Waals surface area contributed by atoms with Crippen LogP contribution in [0, 0.1) is 0 Å². The Balaban J connectivity index is 0.000000671. The molecule has 1 heteroatoms. The molecule has 1 aliphatic rings. The molecule has 0 fully saturated rings. The Kier molecular flexibility index (Phi) is 7.08. The summed E-state index contributed by atoms with van der Waals surface area (Å²) in [5.74, 6) is 0. The molecule has 0 radical (unpaired) electrons. The summed E-state index contributed by atoms with van der Waals surface area (Å²) in [6, 6.07) is 0. The summed E-state index contributed by atoms with van der Waals surface area (Å²) in [7, 11) is 0. The average molecular weight is 179 g/mol. The predicted molar refractivity (Wildman–Crippen MR) is 60.6 cm³/mol. The van der Waals surface area contributed by atoms with Gasteiger partial charge in [-0.3, -0.25) is 0 Å². The molecule has 1 aliphatic heterocycles. The van der Waals surface area contributed by atoms with E-state index in [0.29, 0.717) is 0 Å². The van der Waals surface area contributed by atoms with E-state index in [1.165, 1.54) is 11.3 Å². The Morgan fingerprint density at radius 1 is 1.46 bits per heavy atom. The van der Waals surface area contributed by atoms with Gasteiger partial charge in [0.2, 0.25) is 0 Å². The van der Waals surface area contributed by atoms with Crippen LogP contribution < -0.4 is 5.32 Å². The topological polar surface area (TPSA) is 12.0 Å². The normalized spacial score (nSPS) is 16.3. The van der Waals surface area contributed by atoms with Gasteiger partial charge in [-0.15, -0.1) is 0 Å². The van der Waals surface area contributed by atoms with Gasteiger partial charge in [-0.05, 0) is 26.3 Å². The molecule has 0 saturated heterocycles. The number of hydrogen-bond donors (Lipinski definition) is 1. The van der Waals surface area contributed by atoms with E-state index >= 15 is 0 Å². The van der Waals surface area contributed by atoms with Crippen molar-refractivity contribution in [3.8, 4) is 0 Å². The molecule has 1 nitrogen and oxygen atoms in total.